The topological polar surface area (TPSA) is 49.8 Å². The van der Waals surface area contributed by atoms with Gasteiger partial charge in [-0.15, -0.1) is 11.8 Å². The van der Waals surface area contributed by atoms with Crippen molar-refractivity contribution in [2.24, 2.45) is 0 Å². The number of ether oxygens (including phenoxy) is 1. The minimum Gasteiger partial charge on any atom is -0.394 e. The third kappa shape index (κ3) is 4.61. The van der Waals surface area contributed by atoms with Crippen molar-refractivity contribution in [2.75, 3.05) is 25.4 Å². The minimum atomic E-state index is -0.434. The molecule has 0 saturated carbocycles. The van der Waals surface area contributed by atoms with Crippen molar-refractivity contribution < 1.29 is 14.6 Å². The number of benzene rings is 1. The molecule has 1 heterocycles. The molecule has 0 aromatic heterocycles. The summed E-state index contributed by atoms with van der Waals surface area (Å²) >= 11 is 7.52. The van der Waals surface area contributed by atoms with Crippen LogP contribution in [0.25, 0.3) is 0 Å². The molecule has 1 atom stereocenters. The Morgan fingerprint density at radius 2 is 2.24 bits per heavy atom. The van der Waals surface area contributed by atoms with Crippen LogP contribution >= 0.6 is 23.4 Å². The number of hydrogen-bond donors (Lipinski definition) is 1. The van der Waals surface area contributed by atoms with Crippen LogP contribution in [0.1, 0.15) is 13.8 Å². The van der Waals surface area contributed by atoms with Gasteiger partial charge in [-0.05, 0) is 26.0 Å². The zero-order chi connectivity index (χ0) is 15.5. The molecule has 1 N–H and O–H groups in total. The molecular weight excluding hydrogens is 310 g/mol. The number of carbonyl (C=O) groups excluding carboxylic acids is 1. The molecule has 0 radical (unpaired) electrons. The highest BCUT2D eigenvalue weighted by atomic mass is 35.5. The number of halogens is 1. The predicted octanol–water partition coefficient (Wildman–Crippen LogP) is 2.43. The Bertz CT molecular complexity index is 509. The van der Waals surface area contributed by atoms with Crippen LogP contribution in [0.3, 0.4) is 0 Å². The van der Waals surface area contributed by atoms with E-state index in [1.165, 1.54) is 11.8 Å². The second kappa shape index (κ2) is 7.01. The normalized spacial score (nSPS) is 21.3. The number of nitrogens with zero attached hydrogens (tertiary/aromatic N) is 1. The van der Waals surface area contributed by atoms with Crippen molar-refractivity contribution in [1.29, 1.82) is 0 Å². The number of carbonyl (C=O) groups is 1. The molecule has 1 aromatic carbocycles. The van der Waals surface area contributed by atoms with Gasteiger partial charge in [-0.3, -0.25) is 4.79 Å². The van der Waals surface area contributed by atoms with E-state index in [0.717, 1.165) is 4.90 Å². The van der Waals surface area contributed by atoms with Gasteiger partial charge in [-0.2, -0.15) is 0 Å². The van der Waals surface area contributed by atoms with Crippen molar-refractivity contribution in [3.8, 4) is 0 Å². The molecule has 0 aliphatic carbocycles. The fraction of sp³-hybridized carbons (Fsp3) is 0.533. The third-order valence-electron chi connectivity index (χ3n) is 3.23. The van der Waals surface area contributed by atoms with Crippen molar-refractivity contribution in [1.82, 2.24) is 4.90 Å². The van der Waals surface area contributed by atoms with Crippen molar-refractivity contribution in [2.45, 2.75) is 30.4 Å². The zero-order valence-corrected chi connectivity index (χ0v) is 13.8. The van der Waals surface area contributed by atoms with Crippen LogP contribution in [-0.2, 0) is 9.53 Å². The molecule has 1 aliphatic heterocycles. The maximum Gasteiger partial charge on any atom is 0.233 e. The Morgan fingerprint density at radius 3 is 2.90 bits per heavy atom. The van der Waals surface area contributed by atoms with Crippen molar-refractivity contribution >= 4 is 29.3 Å². The van der Waals surface area contributed by atoms with E-state index in [2.05, 4.69) is 0 Å². The van der Waals surface area contributed by atoms with Crippen LogP contribution in [0.5, 0.6) is 0 Å². The molecule has 1 unspecified atom stereocenters. The summed E-state index contributed by atoms with van der Waals surface area (Å²) in [6.45, 7) is 4.74. The largest absolute Gasteiger partial charge is 0.394 e. The summed E-state index contributed by atoms with van der Waals surface area (Å²) in [5.74, 6) is 0.368. The lowest BCUT2D eigenvalue weighted by Crippen LogP contribution is -2.56. The van der Waals surface area contributed by atoms with Crippen LogP contribution < -0.4 is 0 Å². The lowest BCUT2D eigenvalue weighted by molar-refractivity contribution is -0.165. The van der Waals surface area contributed by atoms with Crippen LogP contribution in [0.2, 0.25) is 5.02 Å². The number of thioether (sulfide) groups is 1. The molecular formula is C15H20ClNO3S. The monoisotopic (exact) mass is 329 g/mol. The Balaban J connectivity index is 1.95. The highest BCUT2D eigenvalue weighted by Gasteiger charge is 2.35. The van der Waals surface area contributed by atoms with Crippen molar-refractivity contribution in [3.05, 3.63) is 29.3 Å². The molecule has 1 fully saturated rings. The Kier molecular flexibility index (Phi) is 5.54. The maximum atomic E-state index is 12.4. The molecule has 1 aromatic rings. The number of aliphatic hydroxyl groups excluding tert-OH is 1. The fourth-order valence-corrected chi connectivity index (χ4v) is 3.51. The summed E-state index contributed by atoms with van der Waals surface area (Å²) < 4.78 is 5.71. The number of aliphatic hydroxyl groups is 1. The molecule has 1 saturated heterocycles. The maximum absolute atomic E-state index is 12.4. The van der Waals surface area contributed by atoms with Crippen LogP contribution in [0, 0.1) is 0 Å². The zero-order valence-electron chi connectivity index (χ0n) is 12.2. The van der Waals surface area contributed by atoms with Gasteiger partial charge in [0.15, 0.2) is 0 Å². The van der Waals surface area contributed by atoms with Crippen LogP contribution in [0.4, 0.5) is 0 Å². The first-order valence-electron chi connectivity index (χ1n) is 6.85. The van der Waals surface area contributed by atoms with Gasteiger partial charge in [0.25, 0.3) is 0 Å². The van der Waals surface area contributed by atoms with E-state index in [1.807, 2.05) is 38.1 Å². The molecule has 1 aliphatic rings. The van der Waals surface area contributed by atoms with Gasteiger partial charge in [0.2, 0.25) is 5.91 Å². The standard InChI is InChI=1S/C15H20ClNO3S/c1-15(2)10-17(7-11(8-18)20-15)14(19)9-21-13-6-4-3-5-12(13)16/h3-6,11,18H,7-10H2,1-2H3. The summed E-state index contributed by atoms with van der Waals surface area (Å²) in [4.78, 5) is 15.0. The molecule has 0 bridgehead atoms. The van der Waals surface area contributed by atoms with Gasteiger partial charge < -0.3 is 14.7 Å². The number of rotatable bonds is 4. The van der Waals surface area contributed by atoms with E-state index < -0.39 is 5.60 Å². The van der Waals surface area contributed by atoms with Gasteiger partial charge in [-0.25, -0.2) is 0 Å². The SMILES string of the molecule is CC1(C)CN(C(=O)CSc2ccccc2Cl)CC(CO)O1. The van der Waals surface area contributed by atoms with E-state index in [-0.39, 0.29) is 18.6 Å². The van der Waals surface area contributed by atoms with E-state index in [1.54, 1.807) is 4.90 Å². The summed E-state index contributed by atoms with van der Waals surface area (Å²) in [7, 11) is 0. The first-order valence-corrected chi connectivity index (χ1v) is 8.21. The molecule has 116 valence electrons. The number of hydrogen-bond acceptors (Lipinski definition) is 4. The van der Waals surface area contributed by atoms with Crippen LogP contribution in [-0.4, -0.2) is 53.1 Å². The smallest absolute Gasteiger partial charge is 0.233 e. The second-order valence-electron chi connectivity index (χ2n) is 5.68. The average molecular weight is 330 g/mol. The molecule has 4 nitrogen and oxygen atoms in total. The first-order chi connectivity index (χ1) is 9.91. The number of morpholine rings is 1. The van der Waals surface area contributed by atoms with Gasteiger partial charge in [0.05, 0.1) is 29.1 Å². The second-order valence-corrected chi connectivity index (χ2v) is 7.10. The minimum absolute atomic E-state index is 0.0368. The molecule has 0 spiro atoms. The predicted molar refractivity (Wildman–Crippen MR) is 84.8 cm³/mol. The highest BCUT2D eigenvalue weighted by molar-refractivity contribution is 8.00. The first kappa shape index (κ1) is 16.6. The Hall–Kier alpha value is -0.750. The van der Waals surface area contributed by atoms with Crippen molar-refractivity contribution in [3.63, 3.8) is 0 Å². The Morgan fingerprint density at radius 1 is 1.52 bits per heavy atom. The average Bonchev–Trinajstić information content (AvgIpc) is 2.44. The van der Waals surface area contributed by atoms with Gasteiger partial charge in [0, 0.05) is 18.0 Å². The summed E-state index contributed by atoms with van der Waals surface area (Å²) in [6, 6.07) is 7.48. The van der Waals surface area contributed by atoms with E-state index in [4.69, 9.17) is 16.3 Å². The van der Waals surface area contributed by atoms with E-state index in [9.17, 15) is 9.90 Å². The van der Waals surface area contributed by atoms with Crippen LogP contribution in [0.15, 0.2) is 29.2 Å². The lowest BCUT2D eigenvalue weighted by atomic mass is 10.1. The van der Waals surface area contributed by atoms with E-state index >= 15 is 0 Å². The molecule has 2 rings (SSSR count). The lowest BCUT2D eigenvalue weighted by Gasteiger charge is -2.42. The molecule has 21 heavy (non-hydrogen) atoms. The molecule has 6 heteroatoms. The third-order valence-corrected chi connectivity index (χ3v) is 4.73. The van der Waals surface area contributed by atoms with Gasteiger partial charge in [0.1, 0.15) is 0 Å². The summed E-state index contributed by atoms with van der Waals surface area (Å²) in [6.07, 6.45) is -0.317. The fourth-order valence-electron chi connectivity index (χ4n) is 2.37. The highest BCUT2D eigenvalue weighted by Crippen LogP contribution is 2.28. The summed E-state index contributed by atoms with van der Waals surface area (Å²) in [5.41, 5.74) is -0.434. The molecule has 1 amide bonds. The summed E-state index contributed by atoms with van der Waals surface area (Å²) in [5, 5.41) is 9.94. The van der Waals surface area contributed by atoms with Gasteiger partial charge >= 0.3 is 0 Å². The number of amides is 1. The Labute approximate surface area is 134 Å². The quantitative estimate of drug-likeness (QED) is 0.862. The van der Waals surface area contributed by atoms with Gasteiger partial charge in [-0.1, -0.05) is 23.7 Å². The van der Waals surface area contributed by atoms with E-state index in [0.29, 0.717) is 23.9 Å².